The maximum Gasteiger partial charge on any atom is 0.156 e. The van der Waals surface area contributed by atoms with E-state index in [1.165, 1.54) is 0 Å². The first-order valence-electron chi connectivity index (χ1n) is 32.9. The average Bonchev–Trinajstić information content (AvgIpc) is 1.80. The molecule has 3 aromatic carbocycles. The summed E-state index contributed by atoms with van der Waals surface area (Å²) in [5, 5.41) is 49.4. The quantitative estimate of drug-likeness (QED) is 0.135. The zero-order valence-corrected chi connectivity index (χ0v) is 55.1. The van der Waals surface area contributed by atoms with Gasteiger partial charge in [0, 0.05) is 88.7 Å². The normalized spacial score (nSPS) is 17.7. The summed E-state index contributed by atoms with van der Waals surface area (Å²) in [6.07, 6.45) is 16.6. The number of nitrogens with zero attached hydrogens (tertiary/aromatic N) is 19. The number of hydrogen-bond acceptors (Lipinski definition) is 16. The molecule has 0 saturated carbocycles. The fourth-order valence-electron chi connectivity index (χ4n) is 14.0. The molecule has 0 spiro atoms. The van der Waals surface area contributed by atoms with E-state index in [1.54, 1.807) is 31.9 Å². The Bertz CT molecular complexity index is 4980. The van der Waals surface area contributed by atoms with Gasteiger partial charge in [-0.25, -0.2) is 37.2 Å². The maximum absolute atomic E-state index is 15.3. The fourth-order valence-corrected chi connectivity index (χ4v) is 14.0. The van der Waals surface area contributed by atoms with Gasteiger partial charge in [-0.3, -0.25) is 9.36 Å². The Labute approximate surface area is 548 Å². The van der Waals surface area contributed by atoms with E-state index < -0.39 is 0 Å². The van der Waals surface area contributed by atoms with Gasteiger partial charge in [0.25, 0.3) is 0 Å². The minimum atomic E-state index is -0.295. The van der Waals surface area contributed by atoms with Gasteiger partial charge in [0.05, 0.1) is 80.7 Å². The SMILES string of the molecule is Cc1cc(-c2cc(F)c3cc(C4CCNCC4)nnc3c2)nc2cn(C)nc12.Cc1cn2nc(-c3cc(F)c4cc(C5CCN(CCCn6cccn6)CC5)nnc4c3)cc(C)c2n1.Cc1cn2nc(-c3cc(F)c4cc(C5C[C@@H](C)N(C)[C@@H](C)C5)nnc4c3)cc(C)c2n1. The third kappa shape index (κ3) is 13.2. The van der Waals surface area contributed by atoms with Crippen molar-refractivity contribution in [3.05, 3.63) is 172 Å². The average molecular weight is 1280 g/mol. The highest BCUT2D eigenvalue weighted by Gasteiger charge is 2.31. The number of rotatable bonds is 10. The van der Waals surface area contributed by atoms with Crippen LogP contribution in [0.2, 0.25) is 0 Å². The number of aromatic nitrogens is 17. The summed E-state index contributed by atoms with van der Waals surface area (Å²) >= 11 is 0. The molecule has 13 aromatic rings. The van der Waals surface area contributed by atoms with Crippen molar-refractivity contribution in [2.75, 3.05) is 39.8 Å². The molecule has 3 aliphatic heterocycles. The Morgan fingerprint density at radius 2 is 0.979 bits per heavy atom. The third-order valence-corrected chi connectivity index (χ3v) is 19.4. The number of fused-ring (bicyclic) bond motifs is 6. The van der Waals surface area contributed by atoms with E-state index in [-0.39, 0.29) is 17.5 Å². The Kier molecular flexibility index (Phi) is 17.4. The zero-order valence-electron chi connectivity index (χ0n) is 55.1. The van der Waals surface area contributed by atoms with E-state index in [0.29, 0.717) is 96.3 Å². The van der Waals surface area contributed by atoms with E-state index in [0.717, 1.165) is 152 Å². The van der Waals surface area contributed by atoms with Crippen molar-refractivity contribution in [3.63, 3.8) is 0 Å². The lowest BCUT2D eigenvalue weighted by molar-refractivity contribution is 0.121. The lowest BCUT2D eigenvalue weighted by Gasteiger charge is -2.40. The molecular weight excluding hydrogens is 1200 g/mol. The second-order valence-corrected chi connectivity index (χ2v) is 26.4. The minimum Gasteiger partial charge on any atom is -0.317 e. The van der Waals surface area contributed by atoms with Gasteiger partial charge in [0.2, 0.25) is 0 Å². The number of likely N-dealkylation sites (tertiary alicyclic amines) is 2. The van der Waals surface area contributed by atoms with Crippen LogP contribution in [0, 0.1) is 52.1 Å². The van der Waals surface area contributed by atoms with Crippen LogP contribution in [-0.2, 0) is 13.6 Å². The predicted molar refractivity (Wildman–Crippen MR) is 362 cm³/mol. The van der Waals surface area contributed by atoms with Crippen molar-refractivity contribution in [2.45, 2.75) is 130 Å². The highest BCUT2D eigenvalue weighted by atomic mass is 19.1. The molecule has 3 saturated heterocycles. The molecule has 3 aliphatic rings. The van der Waals surface area contributed by atoms with Gasteiger partial charge >= 0.3 is 0 Å². The number of hydrogen-bond donors (Lipinski definition) is 1. The lowest BCUT2D eigenvalue weighted by Crippen LogP contribution is -2.43. The molecule has 3 atom stereocenters. The summed E-state index contributed by atoms with van der Waals surface area (Å²) < 4.78 is 52.7. The van der Waals surface area contributed by atoms with Crippen LogP contribution in [0.15, 0.2) is 110 Å². The van der Waals surface area contributed by atoms with E-state index >= 15 is 8.78 Å². The van der Waals surface area contributed by atoms with E-state index in [2.05, 4.69) is 102 Å². The highest BCUT2D eigenvalue weighted by Crippen LogP contribution is 2.37. The van der Waals surface area contributed by atoms with Crippen LogP contribution in [0.4, 0.5) is 13.2 Å². The summed E-state index contributed by atoms with van der Waals surface area (Å²) in [4.78, 5) is 18.5. The number of aryl methyl sites for hydroxylation is 7. The monoisotopic (exact) mass is 1280 g/mol. The third-order valence-electron chi connectivity index (χ3n) is 19.4. The Hall–Kier alpha value is -9.58. The van der Waals surface area contributed by atoms with Crippen LogP contribution in [0.3, 0.4) is 0 Å². The van der Waals surface area contributed by atoms with Crippen molar-refractivity contribution in [1.82, 2.24) is 99.4 Å². The second-order valence-electron chi connectivity index (χ2n) is 26.4. The first-order valence-corrected chi connectivity index (χ1v) is 32.9. The van der Waals surface area contributed by atoms with Crippen molar-refractivity contribution in [3.8, 4) is 33.8 Å². The number of imidazole rings is 2. The minimum absolute atomic E-state index is 0.289. The lowest BCUT2D eigenvalue weighted by atomic mass is 9.85. The first kappa shape index (κ1) is 62.8. The molecule has 0 radical (unpaired) electrons. The maximum atomic E-state index is 15.3. The van der Waals surface area contributed by atoms with Gasteiger partial charge in [-0.1, -0.05) is 0 Å². The van der Waals surface area contributed by atoms with Gasteiger partial charge < -0.3 is 15.1 Å². The first-order chi connectivity index (χ1) is 45.9. The molecule has 1 unspecified atom stereocenters. The fraction of sp³-hybridized carbons (Fsp3) is 0.375. The Morgan fingerprint density at radius 3 is 1.48 bits per heavy atom. The van der Waals surface area contributed by atoms with Crippen LogP contribution < -0.4 is 5.32 Å². The largest absolute Gasteiger partial charge is 0.317 e. The van der Waals surface area contributed by atoms with Gasteiger partial charge in [-0.05, 0) is 229 Å². The van der Waals surface area contributed by atoms with Gasteiger partial charge in [-0.15, -0.1) is 0 Å². The second kappa shape index (κ2) is 26.3. The topological polar surface area (TPSA) is 205 Å². The van der Waals surface area contributed by atoms with Crippen LogP contribution in [0.1, 0.15) is 122 Å². The summed E-state index contributed by atoms with van der Waals surface area (Å²) in [6.45, 7) is 20.3. The van der Waals surface area contributed by atoms with E-state index in [4.69, 9.17) is 0 Å². The number of benzene rings is 3. The van der Waals surface area contributed by atoms with Crippen LogP contribution in [0.25, 0.3) is 88.8 Å². The standard InChI is InChI=1S/C27H29FN8.C24H27FN6.C21H21FN6/c1-18-13-25(33-36-17-19(2)30-27(18)36)21-14-23(28)22-16-24(31-32-26(22)15-21)20-5-11-34(12-6-20)8-4-10-35-9-3-7-29-35;1-13-6-22(29-31-12-14(2)26-24(13)31)18-9-20(25)19-11-21(27-28-23(19)10-18)17-7-15(3)30(5)16(4)8-17;1-12-7-17(24-20-11-28(2)27-21(12)20)14-8-16(22)15-10-18(25-26-19(15)9-14)13-3-5-23-6-4-13/h3,7,9,13-17,20H,4-6,8,10-12H2,1-2H3;6,9-12,15-17H,7-8H2,1-5H3;7-11,13,23H,3-6H2,1-2H3/t;15-,16+,17?;. The molecule has 0 bridgehead atoms. The molecule has 95 heavy (non-hydrogen) atoms. The number of pyridine rings is 1. The number of nitrogens with one attached hydrogen (secondary N) is 1. The van der Waals surface area contributed by atoms with Crippen molar-refractivity contribution in [1.29, 1.82) is 0 Å². The smallest absolute Gasteiger partial charge is 0.156 e. The van der Waals surface area contributed by atoms with Crippen LogP contribution >= 0.6 is 0 Å². The van der Waals surface area contributed by atoms with E-state index in [1.807, 2.05) is 138 Å². The molecule has 16 rings (SSSR count). The van der Waals surface area contributed by atoms with Gasteiger partial charge in [0.15, 0.2) is 11.3 Å². The molecule has 20 nitrogen and oxygen atoms in total. The van der Waals surface area contributed by atoms with Crippen molar-refractivity contribution in [2.24, 2.45) is 7.05 Å². The molecule has 0 amide bonds. The van der Waals surface area contributed by atoms with Crippen LogP contribution in [-0.4, -0.2) is 146 Å². The summed E-state index contributed by atoms with van der Waals surface area (Å²) in [5.74, 6) is 0.0703. The van der Waals surface area contributed by atoms with Gasteiger partial charge in [-0.2, -0.15) is 51.0 Å². The van der Waals surface area contributed by atoms with E-state index in [9.17, 15) is 4.39 Å². The molecule has 10 aromatic heterocycles. The summed E-state index contributed by atoms with van der Waals surface area (Å²) in [5.41, 5.74) is 16.5. The molecular formula is C72H77F3N20. The summed E-state index contributed by atoms with van der Waals surface area (Å²) in [6, 6.07) is 24.6. The molecule has 3 fully saturated rings. The van der Waals surface area contributed by atoms with Gasteiger partial charge in [0.1, 0.15) is 28.5 Å². The Morgan fingerprint density at radius 1 is 0.495 bits per heavy atom. The molecule has 13 heterocycles. The number of piperidine rings is 3. The molecule has 0 aliphatic carbocycles. The zero-order chi connectivity index (χ0) is 65.8. The molecule has 486 valence electrons. The molecule has 1 N–H and O–H groups in total. The highest BCUT2D eigenvalue weighted by molar-refractivity contribution is 5.88. The number of halogens is 3. The Balaban J connectivity index is 0.000000124. The van der Waals surface area contributed by atoms with Crippen molar-refractivity contribution < 1.29 is 13.2 Å². The summed E-state index contributed by atoms with van der Waals surface area (Å²) in [7, 11) is 4.03. The molecule has 23 heteroatoms. The van der Waals surface area contributed by atoms with Crippen molar-refractivity contribution >= 4 is 55.0 Å². The predicted octanol–water partition coefficient (Wildman–Crippen LogP) is 12.7. The van der Waals surface area contributed by atoms with Crippen LogP contribution in [0.5, 0.6) is 0 Å².